The van der Waals surface area contributed by atoms with Crippen LogP contribution in [-0.2, 0) is 4.74 Å². The number of rotatable bonds is 1. The maximum Gasteiger partial charge on any atom is 0.317 e. The van der Waals surface area contributed by atoms with Crippen molar-refractivity contribution in [2.24, 2.45) is 5.73 Å². The number of hydrogen-bond donors (Lipinski definition) is 2. The molecular weight excluding hydrogens is 170 g/mol. The summed E-state index contributed by atoms with van der Waals surface area (Å²) in [6.45, 7) is 2.66. The second-order valence-corrected chi connectivity index (χ2v) is 3.55. The molecule has 5 nitrogen and oxygen atoms in total. The van der Waals surface area contributed by atoms with Crippen LogP contribution in [0.1, 0.15) is 6.42 Å². The molecule has 1 saturated heterocycles. The van der Waals surface area contributed by atoms with Gasteiger partial charge in [-0.25, -0.2) is 4.79 Å². The van der Waals surface area contributed by atoms with Gasteiger partial charge in [-0.05, 0) is 6.42 Å². The summed E-state index contributed by atoms with van der Waals surface area (Å²) in [4.78, 5) is 13.3. The SMILES string of the molecule is NC1CC1NC(=O)N1CCOCC1. The summed E-state index contributed by atoms with van der Waals surface area (Å²) < 4.78 is 5.15. The molecule has 0 aromatic heterocycles. The quantitative estimate of drug-likeness (QED) is 0.558. The molecule has 0 spiro atoms. The standard InChI is InChI=1S/C8H15N3O2/c9-6-5-7(6)10-8(12)11-1-3-13-4-2-11/h6-7H,1-5,9H2,(H,10,12). The molecule has 2 fully saturated rings. The third-order valence-electron chi connectivity index (χ3n) is 2.45. The molecule has 1 aliphatic carbocycles. The first-order valence-corrected chi connectivity index (χ1v) is 4.66. The number of carbonyl (C=O) groups is 1. The predicted molar refractivity (Wildman–Crippen MR) is 47.3 cm³/mol. The summed E-state index contributed by atoms with van der Waals surface area (Å²) >= 11 is 0. The Hall–Kier alpha value is -0.810. The lowest BCUT2D eigenvalue weighted by Gasteiger charge is -2.26. The van der Waals surface area contributed by atoms with Gasteiger partial charge in [-0.3, -0.25) is 0 Å². The molecule has 1 saturated carbocycles. The average molecular weight is 185 g/mol. The third-order valence-corrected chi connectivity index (χ3v) is 2.45. The summed E-state index contributed by atoms with van der Waals surface area (Å²) in [5.41, 5.74) is 5.59. The van der Waals surface area contributed by atoms with Crippen molar-refractivity contribution in [3.63, 3.8) is 0 Å². The van der Waals surface area contributed by atoms with Gasteiger partial charge in [0.2, 0.25) is 0 Å². The second-order valence-electron chi connectivity index (χ2n) is 3.55. The van der Waals surface area contributed by atoms with Crippen molar-refractivity contribution in [3.8, 4) is 0 Å². The highest BCUT2D eigenvalue weighted by Gasteiger charge is 2.35. The Morgan fingerprint density at radius 3 is 2.62 bits per heavy atom. The van der Waals surface area contributed by atoms with Gasteiger partial charge in [-0.15, -0.1) is 0 Å². The Balaban J connectivity index is 1.75. The van der Waals surface area contributed by atoms with Gasteiger partial charge in [0.15, 0.2) is 0 Å². The zero-order valence-electron chi connectivity index (χ0n) is 7.53. The highest BCUT2D eigenvalue weighted by Crippen LogP contribution is 2.18. The van der Waals surface area contributed by atoms with E-state index < -0.39 is 0 Å². The van der Waals surface area contributed by atoms with Crippen LogP contribution >= 0.6 is 0 Å². The van der Waals surface area contributed by atoms with E-state index in [1.807, 2.05) is 0 Å². The summed E-state index contributed by atoms with van der Waals surface area (Å²) in [6.07, 6.45) is 0.913. The van der Waals surface area contributed by atoms with E-state index in [1.165, 1.54) is 0 Å². The average Bonchev–Trinajstić information content (AvgIpc) is 2.83. The van der Waals surface area contributed by atoms with Crippen LogP contribution in [0.4, 0.5) is 4.79 Å². The van der Waals surface area contributed by atoms with Crippen LogP contribution in [-0.4, -0.2) is 49.3 Å². The minimum Gasteiger partial charge on any atom is -0.378 e. The lowest BCUT2D eigenvalue weighted by Crippen LogP contribution is -2.47. The lowest BCUT2D eigenvalue weighted by atomic mass is 10.4. The van der Waals surface area contributed by atoms with E-state index in [0.29, 0.717) is 26.3 Å². The smallest absolute Gasteiger partial charge is 0.317 e. The summed E-state index contributed by atoms with van der Waals surface area (Å²) in [5, 5.41) is 2.88. The van der Waals surface area contributed by atoms with Crippen LogP contribution in [0.15, 0.2) is 0 Å². The van der Waals surface area contributed by atoms with Gasteiger partial charge in [0.25, 0.3) is 0 Å². The zero-order chi connectivity index (χ0) is 9.26. The maximum atomic E-state index is 11.5. The Morgan fingerprint density at radius 1 is 1.46 bits per heavy atom. The highest BCUT2D eigenvalue weighted by molar-refractivity contribution is 5.75. The molecule has 0 radical (unpaired) electrons. The lowest BCUT2D eigenvalue weighted by molar-refractivity contribution is 0.0531. The molecular formula is C8H15N3O2. The number of nitrogens with zero attached hydrogens (tertiary/aromatic N) is 1. The van der Waals surface area contributed by atoms with Crippen LogP contribution in [0.3, 0.4) is 0 Å². The molecule has 0 aromatic carbocycles. The number of urea groups is 1. The number of hydrogen-bond acceptors (Lipinski definition) is 3. The molecule has 2 aliphatic rings. The zero-order valence-corrected chi connectivity index (χ0v) is 7.53. The normalized spacial score (nSPS) is 32.8. The van der Waals surface area contributed by atoms with E-state index in [-0.39, 0.29) is 18.1 Å². The fourth-order valence-corrected chi connectivity index (χ4v) is 1.40. The largest absolute Gasteiger partial charge is 0.378 e. The second kappa shape index (κ2) is 3.51. The summed E-state index contributed by atoms with van der Waals surface area (Å²) in [6, 6.07) is 0.376. The molecule has 5 heteroatoms. The van der Waals surface area contributed by atoms with E-state index in [9.17, 15) is 4.79 Å². The summed E-state index contributed by atoms with van der Waals surface area (Å²) in [5.74, 6) is 0. The predicted octanol–water partition coefficient (Wildman–Crippen LogP) is -0.872. The van der Waals surface area contributed by atoms with Crippen LogP contribution in [0.5, 0.6) is 0 Å². The number of carbonyl (C=O) groups excluding carboxylic acids is 1. The first-order valence-electron chi connectivity index (χ1n) is 4.66. The molecule has 0 aromatic rings. The molecule has 2 unspecified atom stereocenters. The minimum absolute atomic E-state index is 0.00116. The van der Waals surface area contributed by atoms with Crippen molar-refractivity contribution >= 4 is 6.03 Å². The van der Waals surface area contributed by atoms with Gasteiger partial charge in [-0.2, -0.15) is 0 Å². The summed E-state index contributed by atoms with van der Waals surface area (Å²) in [7, 11) is 0. The molecule has 2 amide bonds. The Morgan fingerprint density at radius 2 is 2.08 bits per heavy atom. The van der Waals surface area contributed by atoms with Crippen molar-refractivity contribution in [1.29, 1.82) is 0 Å². The molecule has 13 heavy (non-hydrogen) atoms. The van der Waals surface area contributed by atoms with Crippen LogP contribution in [0.2, 0.25) is 0 Å². The fourth-order valence-electron chi connectivity index (χ4n) is 1.40. The molecule has 2 atom stereocenters. The van der Waals surface area contributed by atoms with Crippen molar-refractivity contribution in [2.45, 2.75) is 18.5 Å². The fraction of sp³-hybridized carbons (Fsp3) is 0.875. The van der Waals surface area contributed by atoms with E-state index in [2.05, 4.69) is 5.32 Å². The van der Waals surface area contributed by atoms with E-state index in [1.54, 1.807) is 4.90 Å². The first kappa shape index (κ1) is 8.77. The Bertz CT molecular complexity index is 204. The Kier molecular flexibility index (Phi) is 2.37. The maximum absolute atomic E-state index is 11.5. The number of morpholine rings is 1. The van der Waals surface area contributed by atoms with Gasteiger partial charge in [0, 0.05) is 25.2 Å². The van der Waals surface area contributed by atoms with E-state index in [0.717, 1.165) is 6.42 Å². The topological polar surface area (TPSA) is 67.6 Å². The molecule has 1 heterocycles. The number of nitrogens with one attached hydrogen (secondary N) is 1. The van der Waals surface area contributed by atoms with Gasteiger partial charge in [0.1, 0.15) is 0 Å². The van der Waals surface area contributed by atoms with Crippen LogP contribution in [0, 0.1) is 0 Å². The number of ether oxygens (including phenoxy) is 1. The highest BCUT2D eigenvalue weighted by atomic mass is 16.5. The van der Waals surface area contributed by atoms with Crippen molar-refractivity contribution in [2.75, 3.05) is 26.3 Å². The molecule has 3 N–H and O–H groups in total. The van der Waals surface area contributed by atoms with Gasteiger partial charge < -0.3 is 20.7 Å². The first-order chi connectivity index (χ1) is 6.27. The van der Waals surface area contributed by atoms with E-state index in [4.69, 9.17) is 10.5 Å². The van der Waals surface area contributed by atoms with Crippen molar-refractivity contribution in [3.05, 3.63) is 0 Å². The minimum atomic E-state index is 0.00116. The van der Waals surface area contributed by atoms with Gasteiger partial charge in [0.05, 0.1) is 13.2 Å². The number of nitrogens with two attached hydrogens (primary N) is 1. The monoisotopic (exact) mass is 185 g/mol. The van der Waals surface area contributed by atoms with Crippen LogP contribution in [0.25, 0.3) is 0 Å². The Labute approximate surface area is 77.2 Å². The van der Waals surface area contributed by atoms with Crippen molar-refractivity contribution < 1.29 is 9.53 Å². The van der Waals surface area contributed by atoms with Gasteiger partial charge in [-0.1, -0.05) is 0 Å². The van der Waals surface area contributed by atoms with Crippen molar-refractivity contribution in [1.82, 2.24) is 10.2 Å². The molecule has 2 rings (SSSR count). The van der Waals surface area contributed by atoms with E-state index >= 15 is 0 Å². The number of amides is 2. The van der Waals surface area contributed by atoms with Gasteiger partial charge >= 0.3 is 6.03 Å². The third kappa shape index (κ3) is 2.10. The molecule has 1 aliphatic heterocycles. The molecule has 74 valence electrons. The molecule has 0 bridgehead atoms. The van der Waals surface area contributed by atoms with Crippen LogP contribution < -0.4 is 11.1 Å².